The number of nitrogens with zero attached hydrogens (tertiary/aromatic N) is 2. The number of nitrogens with one attached hydrogen (secondary N) is 1. The van der Waals surface area contributed by atoms with Crippen molar-refractivity contribution >= 4 is 16.8 Å². The summed E-state index contributed by atoms with van der Waals surface area (Å²) in [7, 11) is 3.63. The van der Waals surface area contributed by atoms with E-state index in [1.165, 1.54) is 0 Å². The summed E-state index contributed by atoms with van der Waals surface area (Å²) in [6.07, 6.45) is 2.76. The molecule has 5 heteroatoms. The van der Waals surface area contributed by atoms with Crippen molar-refractivity contribution in [3.05, 3.63) is 53.7 Å². The van der Waals surface area contributed by atoms with Crippen molar-refractivity contribution in [2.75, 3.05) is 20.3 Å². The summed E-state index contributed by atoms with van der Waals surface area (Å²) in [5.41, 5.74) is 4.37. The lowest BCUT2D eigenvalue weighted by Gasteiger charge is -2.11. The molecule has 0 aliphatic heterocycles. The van der Waals surface area contributed by atoms with Crippen LogP contribution in [0.15, 0.2) is 42.6 Å². The zero-order valence-corrected chi connectivity index (χ0v) is 14.9. The number of amides is 1. The van der Waals surface area contributed by atoms with Crippen LogP contribution in [0.25, 0.3) is 22.3 Å². The van der Waals surface area contributed by atoms with E-state index in [1.54, 1.807) is 7.11 Å². The zero-order chi connectivity index (χ0) is 17.8. The second-order valence-electron chi connectivity index (χ2n) is 6.18. The quantitative estimate of drug-likeness (QED) is 0.702. The molecule has 0 aliphatic rings. The molecule has 25 heavy (non-hydrogen) atoms. The Bertz CT molecular complexity index is 899. The van der Waals surface area contributed by atoms with Gasteiger partial charge in [0.05, 0.1) is 22.5 Å². The number of carbonyl (C=O) groups is 1. The third kappa shape index (κ3) is 3.72. The summed E-state index contributed by atoms with van der Waals surface area (Å²) in [6.45, 7) is 3.23. The van der Waals surface area contributed by atoms with Crippen LogP contribution in [0.2, 0.25) is 0 Å². The van der Waals surface area contributed by atoms with E-state index in [1.807, 2.05) is 61.1 Å². The van der Waals surface area contributed by atoms with Gasteiger partial charge in [-0.15, -0.1) is 0 Å². The van der Waals surface area contributed by atoms with Crippen molar-refractivity contribution < 1.29 is 9.53 Å². The van der Waals surface area contributed by atoms with Crippen LogP contribution in [-0.2, 0) is 11.8 Å². The number of fused-ring (bicyclic) bond motifs is 1. The van der Waals surface area contributed by atoms with Crippen LogP contribution in [0.1, 0.15) is 22.3 Å². The first-order valence-corrected chi connectivity index (χ1v) is 8.40. The fourth-order valence-electron chi connectivity index (χ4n) is 2.90. The summed E-state index contributed by atoms with van der Waals surface area (Å²) in [5.74, 6) is -0.0791. The molecule has 0 radical (unpaired) electrons. The SMILES string of the molecule is COCCCNC(=O)c1cc(-c2cccn2C)nc2ccc(C)cc12. The molecule has 0 bridgehead atoms. The van der Waals surface area contributed by atoms with Crippen LogP contribution < -0.4 is 5.32 Å². The van der Waals surface area contributed by atoms with Crippen molar-refractivity contribution in [1.29, 1.82) is 0 Å². The Morgan fingerprint density at radius 3 is 2.84 bits per heavy atom. The molecule has 0 aliphatic carbocycles. The Balaban J connectivity index is 2.03. The number of rotatable bonds is 6. The van der Waals surface area contributed by atoms with Gasteiger partial charge in [-0.25, -0.2) is 4.98 Å². The summed E-state index contributed by atoms with van der Waals surface area (Å²) in [5, 5.41) is 3.86. The normalized spacial score (nSPS) is 11.0. The Morgan fingerprint density at radius 1 is 1.28 bits per heavy atom. The van der Waals surface area contributed by atoms with E-state index in [4.69, 9.17) is 9.72 Å². The second-order valence-corrected chi connectivity index (χ2v) is 6.18. The van der Waals surface area contributed by atoms with E-state index in [0.29, 0.717) is 18.7 Å². The van der Waals surface area contributed by atoms with Gasteiger partial charge in [-0.1, -0.05) is 11.6 Å². The van der Waals surface area contributed by atoms with Gasteiger partial charge in [-0.05, 0) is 43.7 Å². The monoisotopic (exact) mass is 337 g/mol. The largest absolute Gasteiger partial charge is 0.385 e. The number of aromatic nitrogens is 2. The molecular formula is C20H23N3O2. The summed E-state index contributed by atoms with van der Waals surface area (Å²) < 4.78 is 7.04. The van der Waals surface area contributed by atoms with E-state index in [-0.39, 0.29) is 5.91 Å². The maximum absolute atomic E-state index is 12.8. The molecule has 3 aromatic rings. The smallest absolute Gasteiger partial charge is 0.252 e. The first-order valence-electron chi connectivity index (χ1n) is 8.40. The molecule has 1 amide bonds. The molecule has 130 valence electrons. The molecule has 0 spiro atoms. The molecule has 5 nitrogen and oxygen atoms in total. The van der Waals surface area contributed by atoms with Crippen LogP contribution in [-0.4, -0.2) is 35.7 Å². The Morgan fingerprint density at radius 2 is 2.12 bits per heavy atom. The van der Waals surface area contributed by atoms with Crippen molar-refractivity contribution in [3.63, 3.8) is 0 Å². The van der Waals surface area contributed by atoms with Gasteiger partial charge in [0.1, 0.15) is 0 Å². The van der Waals surface area contributed by atoms with Crippen molar-refractivity contribution in [1.82, 2.24) is 14.9 Å². The van der Waals surface area contributed by atoms with E-state index < -0.39 is 0 Å². The second kappa shape index (κ2) is 7.49. The van der Waals surface area contributed by atoms with Gasteiger partial charge < -0.3 is 14.6 Å². The molecule has 0 saturated carbocycles. The number of ether oxygens (including phenoxy) is 1. The van der Waals surface area contributed by atoms with Crippen LogP contribution in [0.5, 0.6) is 0 Å². The number of methoxy groups -OCH3 is 1. The topological polar surface area (TPSA) is 56.1 Å². The van der Waals surface area contributed by atoms with Crippen molar-refractivity contribution in [2.45, 2.75) is 13.3 Å². The molecule has 0 saturated heterocycles. The molecule has 1 aromatic carbocycles. The number of carbonyl (C=O) groups excluding carboxylic acids is 1. The predicted molar refractivity (Wildman–Crippen MR) is 99.7 cm³/mol. The van der Waals surface area contributed by atoms with Gasteiger partial charge in [0, 0.05) is 38.9 Å². The third-order valence-corrected chi connectivity index (χ3v) is 4.23. The van der Waals surface area contributed by atoms with Crippen LogP contribution in [0.3, 0.4) is 0 Å². The lowest BCUT2D eigenvalue weighted by atomic mass is 10.0. The van der Waals surface area contributed by atoms with E-state index in [2.05, 4.69) is 5.32 Å². The van der Waals surface area contributed by atoms with E-state index in [0.717, 1.165) is 34.3 Å². The van der Waals surface area contributed by atoms with Gasteiger partial charge in [-0.3, -0.25) is 4.79 Å². The highest BCUT2D eigenvalue weighted by Crippen LogP contribution is 2.25. The minimum Gasteiger partial charge on any atom is -0.385 e. The summed E-state index contributed by atoms with van der Waals surface area (Å²) in [6, 6.07) is 11.9. The Labute approximate surface area is 147 Å². The molecule has 3 rings (SSSR count). The highest BCUT2D eigenvalue weighted by molar-refractivity contribution is 6.07. The highest BCUT2D eigenvalue weighted by Gasteiger charge is 2.15. The molecule has 1 N–H and O–H groups in total. The zero-order valence-electron chi connectivity index (χ0n) is 14.9. The minimum atomic E-state index is -0.0791. The first-order chi connectivity index (χ1) is 12.1. The molecule has 2 heterocycles. The molecule has 0 unspecified atom stereocenters. The third-order valence-electron chi connectivity index (χ3n) is 4.23. The van der Waals surface area contributed by atoms with Gasteiger partial charge in [0.25, 0.3) is 5.91 Å². The summed E-state index contributed by atoms with van der Waals surface area (Å²) >= 11 is 0. The van der Waals surface area contributed by atoms with Gasteiger partial charge >= 0.3 is 0 Å². The van der Waals surface area contributed by atoms with Crippen molar-refractivity contribution in [3.8, 4) is 11.4 Å². The molecule has 0 fully saturated rings. The lowest BCUT2D eigenvalue weighted by molar-refractivity contribution is 0.0950. The van der Waals surface area contributed by atoms with Crippen LogP contribution in [0, 0.1) is 6.92 Å². The fourth-order valence-corrected chi connectivity index (χ4v) is 2.90. The number of aryl methyl sites for hydroxylation is 2. The first kappa shape index (κ1) is 17.2. The molecule has 0 atom stereocenters. The average molecular weight is 337 g/mol. The van der Waals surface area contributed by atoms with E-state index >= 15 is 0 Å². The highest BCUT2D eigenvalue weighted by atomic mass is 16.5. The van der Waals surface area contributed by atoms with Crippen molar-refractivity contribution in [2.24, 2.45) is 7.05 Å². The number of hydrogen-bond donors (Lipinski definition) is 1. The fraction of sp³-hybridized carbons (Fsp3) is 0.300. The Kier molecular flexibility index (Phi) is 5.14. The predicted octanol–water partition coefficient (Wildman–Crippen LogP) is 3.32. The molecule has 2 aromatic heterocycles. The number of benzene rings is 1. The van der Waals surface area contributed by atoms with Gasteiger partial charge in [0.2, 0.25) is 0 Å². The number of hydrogen-bond acceptors (Lipinski definition) is 3. The maximum Gasteiger partial charge on any atom is 0.252 e. The van der Waals surface area contributed by atoms with E-state index in [9.17, 15) is 4.79 Å². The number of pyridine rings is 1. The van der Waals surface area contributed by atoms with Gasteiger partial charge in [0.15, 0.2) is 0 Å². The van der Waals surface area contributed by atoms with Crippen LogP contribution >= 0.6 is 0 Å². The summed E-state index contributed by atoms with van der Waals surface area (Å²) in [4.78, 5) is 17.5. The Hall–Kier alpha value is -2.66. The minimum absolute atomic E-state index is 0.0791. The average Bonchev–Trinajstić information content (AvgIpc) is 3.03. The lowest BCUT2D eigenvalue weighted by Crippen LogP contribution is -2.25. The van der Waals surface area contributed by atoms with Crippen LogP contribution in [0.4, 0.5) is 0 Å². The standard InChI is InChI=1S/C20H23N3O2/c1-14-7-8-17-15(12-14)16(20(24)21-9-5-11-25-3)13-18(22-17)19-6-4-10-23(19)2/h4,6-8,10,12-13H,5,9,11H2,1-3H3,(H,21,24). The maximum atomic E-state index is 12.8. The molecular weight excluding hydrogens is 314 g/mol. The van der Waals surface area contributed by atoms with Gasteiger partial charge in [-0.2, -0.15) is 0 Å².